The molecule has 0 saturated carbocycles. The van der Waals surface area contributed by atoms with Crippen LogP contribution in [0.5, 0.6) is 0 Å². The lowest BCUT2D eigenvalue weighted by Crippen LogP contribution is -2.36. The Morgan fingerprint density at radius 3 is 2.71 bits per heavy atom. The second-order valence-electron chi connectivity index (χ2n) is 5.64. The van der Waals surface area contributed by atoms with E-state index in [-0.39, 0.29) is 24.3 Å². The predicted molar refractivity (Wildman–Crippen MR) is 90.8 cm³/mol. The third-order valence-corrected chi connectivity index (χ3v) is 3.82. The van der Waals surface area contributed by atoms with Gasteiger partial charge in [0.1, 0.15) is 5.82 Å². The number of anilines is 1. The third kappa shape index (κ3) is 3.87. The first-order valence-electron chi connectivity index (χ1n) is 7.71. The summed E-state index contributed by atoms with van der Waals surface area (Å²) in [6.45, 7) is 0.340. The van der Waals surface area contributed by atoms with E-state index in [4.69, 9.17) is 0 Å². The van der Waals surface area contributed by atoms with Gasteiger partial charge in [0.05, 0.1) is 6.04 Å². The standard InChI is InChI=1S/C19H17FN2O2/c20-15-7-4-8-17(11-15)22-13-16(12-19(22)24)21-18(23)10-9-14-5-2-1-3-6-14/h1-11,16H,12-13H2,(H,21,23)/b10-9-/t16-/m1/s1. The molecule has 1 N–H and O–H groups in total. The lowest BCUT2D eigenvalue weighted by atomic mass is 10.2. The summed E-state index contributed by atoms with van der Waals surface area (Å²) < 4.78 is 13.3. The Labute approximate surface area is 139 Å². The molecule has 0 aliphatic carbocycles. The second kappa shape index (κ2) is 7.08. The minimum Gasteiger partial charge on any atom is -0.347 e. The summed E-state index contributed by atoms with van der Waals surface area (Å²) >= 11 is 0. The summed E-state index contributed by atoms with van der Waals surface area (Å²) in [5.74, 6) is -0.769. The summed E-state index contributed by atoms with van der Waals surface area (Å²) in [6.07, 6.45) is 3.38. The predicted octanol–water partition coefficient (Wildman–Crippen LogP) is 2.76. The molecule has 1 fully saturated rings. The molecule has 1 atom stereocenters. The molecule has 1 saturated heterocycles. The summed E-state index contributed by atoms with van der Waals surface area (Å²) in [5.41, 5.74) is 1.44. The maximum atomic E-state index is 13.3. The molecule has 4 nitrogen and oxygen atoms in total. The van der Waals surface area contributed by atoms with E-state index in [0.29, 0.717) is 12.2 Å². The maximum absolute atomic E-state index is 13.3. The monoisotopic (exact) mass is 324 g/mol. The number of nitrogens with one attached hydrogen (secondary N) is 1. The number of hydrogen-bond donors (Lipinski definition) is 1. The molecule has 0 unspecified atom stereocenters. The van der Waals surface area contributed by atoms with Crippen molar-refractivity contribution in [1.82, 2.24) is 5.32 Å². The zero-order valence-corrected chi connectivity index (χ0v) is 13.0. The summed E-state index contributed by atoms with van der Waals surface area (Å²) in [4.78, 5) is 25.6. The van der Waals surface area contributed by atoms with Crippen molar-refractivity contribution in [3.8, 4) is 0 Å². The van der Waals surface area contributed by atoms with Crippen LogP contribution in [0.2, 0.25) is 0 Å². The zero-order chi connectivity index (χ0) is 16.9. The average molecular weight is 324 g/mol. The van der Waals surface area contributed by atoms with Gasteiger partial charge in [-0.15, -0.1) is 0 Å². The topological polar surface area (TPSA) is 49.4 Å². The van der Waals surface area contributed by atoms with Gasteiger partial charge in [-0.25, -0.2) is 4.39 Å². The van der Waals surface area contributed by atoms with Gasteiger partial charge >= 0.3 is 0 Å². The molecular formula is C19H17FN2O2. The van der Waals surface area contributed by atoms with Gasteiger partial charge in [0.25, 0.3) is 0 Å². The van der Waals surface area contributed by atoms with E-state index in [2.05, 4.69) is 5.32 Å². The van der Waals surface area contributed by atoms with Gasteiger partial charge in [-0.2, -0.15) is 0 Å². The Morgan fingerprint density at radius 2 is 1.96 bits per heavy atom. The van der Waals surface area contributed by atoms with Crippen LogP contribution in [0, 0.1) is 5.82 Å². The van der Waals surface area contributed by atoms with Crippen molar-refractivity contribution in [3.05, 3.63) is 72.1 Å². The minimum atomic E-state index is -0.390. The molecule has 2 amide bonds. The lowest BCUT2D eigenvalue weighted by molar-refractivity contribution is -0.117. The van der Waals surface area contributed by atoms with Crippen LogP contribution < -0.4 is 10.2 Å². The number of benzene rings is 2. The van der Waals surface area contributed by atoms with E-state index >= 15 is 0 Å². The fourth-order valence-corrected chi connectivity index (χ4v) is 2.68. The largest absolute Gasteiger partial charge is 0.347 e. The average Bonchev–Trinajstić information content (AvgIpc) is 2.94. The number of hydrogen-bond acceptors (Lipinski definition) is 2. The number of halogens is 1. The number of carbonyl (C=O) groups is 2. The van der Waals surface area contributed by atoms with Gasteiger partial charge in [-0.05, 0) is 29.8 Å². The van der Waals surface area contributed by atoms with Crippen LogP contribution >= 0.6 is 0 Å². The van der Waals surface area contributed by atoms with E-state index < -0.39 is 5.82 Å². The summed E-state index contributed by atoms with van der Waals surface area (Å²) in [5, 5.41) is 2.81. The van der Waals surface area contributed by atoms with Crippen molar-refractivity contribution in [2.75, 3.05) is 11.4 Å². The van der Waals surface area contributed by atoms with Gasteiger partial charge in [0.15, 0.2) is 0 Å². The van der Waals surface area contributed by atoms with Gasteiger partial charge in [0, 0.05) is 24.7 Å². The number of nitrogens with zero attached hydrogens (tertiary/aromatic N) is 1. The van der Waals surface area contributed by atoms with Gasteiger partial charge in [0.2, 0.25) is 11.8 Å². The van der Waals surface area contributed by atoms with E-state index in [9.17, 15) is 14.0 Å². The van der Waals surface area contributed by atoms with Crippen LogP contribution in [0.4, 0.5) is 10.1 Å². The quantitative estimate of drug-likeness (QED) is 0.879. The van der Waals surface area contributed by atoms with E-state index in [1.165, 1.54) is 23.1 Å². The Hall–Kier alpha value is -2.95. The molecule has 0 radical (unpaired) electrons. The molecule has 5 heteroatoms. The highest BCUT2D eigenvalue weighted by molar-refractivity contribution is 5.98. The molecule has 1 aliphatic heterocycles. The first-order chi connectivity index (χ1) is 11.6. The molecule has 1 heterocycles. The molecule has 0 spiro atoms. The van der Waals surface area contributed by atoms with Crippen LogP contribution in [-0.2, 0) is 9.59 Å². The number of rotatable bonds is 4. The first-order valence-corrected chi connectivity index (χ1v) is 7.71. The molecule has 24 heavy (non-hydrogen) atoms. The smallest absolute Gasteiger partial charge is 0.244 e. The van der Waals surface area contributed by atoms with Crippen molar-refractivity contribution >= 4 is 23.6 Å². The Balaban J connectivity index is 1.60. The number of carbonyl (C=O) groups excluding carboxylic acids is 2. The van der Waals surface area contributed by atoms with Crippen LogP contribution in [0.3, 0.4) is 0 Å². The third-order valence-electron chi connectivity index (χ3n) is 3.82. The van der Waals surface area contributed by atoms with E-state index in [1.54, 1.807) is 18.2 Å². The maximum Gasteiger partial charge on any atom is 0.244 e. The van der Waals surface area contributed by atoms with Crippen molar-refractivity contribution in [2.24, 2.45) is 0 Å². The van der Waals surface area contributed by atoms with Crippen LogP contribution in [0.1, 0.15) is 12.0 Å². The fourth-order valence-electron chi connectivity index (χ4n) is 2.68. The molecule has 122 valence electrons. The van der Waals surface area contributed by atoms with Crippen molar-refractivity contribution in [3.63, 3.8) is 0 Å². The second-order valence-corrected chi connectivity index (χ2v) is 5.64. The molecular weight excluding hydrogens is 307 g/mol. The Kier molecular flexibility index (Phi) is 4.70. The summed E-state index contributed by atoms with van der Waals surface area (Å²) in [6, 6.07) is 15.1. The van der Waals surface area contributed by atoms with Crippen LogP contribution in [-0.4, -0.2) is 24.4 Å². The minimum absolute atomic E-state index is 0.127. The van der Waals surface area contributed by atoms with E-state index in [1.807, 2.05) is 30.3 Å². The molecule has 3 rings (SSSR count). The molecule has 1 aliphatic rings. The van der Waals surface area contributed by atoms with Crippen molar-refractivity contribution < 1.29 is 14.0 Å². The van der Waals surface area contributed by atoms with Crippen LogP contribution in [0.15, 0.2) is 60.7 Å². The van der Waals surface area contributed by atoms with E-state index in [0.717, 1.165) is 5.56 Å². The highest BCUT2D eigenvalue weighted by atomic mass is 19.1. The molecule has 0 bridgehead atoms. The van der Waals surface area contributed by atoms with Gasteiger partial charge in [-0.1, -0.05) is 36.4 Å². The lowest BCUT2D eigenvalue weighted by Gasteiger charge is -2.17. The fraction of sp³-hybridized carbons (Fsp3) is 0.158. The molecule has 0 aromatic heterocycles. The molecule has 2 aromatic rings. The summed E-state index contributed by atoms with van der Waals surface area (Å²) in [7, 11) is 0. The molecule has 2 aromatic carbocycles. The van der Waals surface area contributed by atoms with Crippen LogP contribution in [0.25, 0.3) is 6.08 Å². The zero-order valence-electron chi connectivity index (χ0n) is 13.0. The SMILES string of the molecule is O=C(/C=C\c1ccccc1)N[C@@H]1CC(=O)N(c2cccc(F)c2)C1. The Morgan fingerprint density at radius 1 is 1.17 bits per heavy atom. The van der Waals surface area contributed by atoms with Crippen molar-refractivity contribution in [1.29, 1.82) is 0 Å². The van der Waals surface area contributed by atoms with Crippen molar-refractivity contribution in [2.45, 2.75) is 12.5 Å². The van der Waals surface area contributed by atoms with Gasteiger partial charge in [-0.3, -0.25) is 9.59 Å². The van der Waals surface area contributed by atoms with Gasteiger partial charge < -0.3 is 10.2 Å². The number of amides is 2. The normalized spacial score (nSPS) is 17.5. The highest BCUT2D eigenvalue weighted by Crippen LogP contribution is 2.22. The first kappa shape index (κ1) is 15.9. The Bertz CT molecular complexity index is 774. The highest BCUT2D eigenvalue weighted by Gasteiger charge is 2.31.